The van der Waals surface area contributed by atoms with Gasteiger partial charge in [-0.25, -0.2) is 0 Å². The quantitative estimate of drug-likeness (QED) is 0.908. The molecule has 1 aliphatic heterocycles. The standard InChI is InChI=1S/C20H24N2O/c1-2-4-18(5-3-1)23-19-10-8-17(9-11-19)20(16-6-7-16)22-14-12-21-13-15-22/h1-5,8-11,16,20-21H,6-7,12-15H2/t20-/m0/s1. The average molecular weight is 308 g/mol. The van der Waals surface area contributed by atoms with Gasteiger partial charge in [-0.05, 0) is 48.6 Å². The molecule has 4 rings (SSSR count). The van der Waals surface area contributed by atoms with Crippen LogP contribution in [0.2, 0.25) is 0 Å². The minimum Gasteiger partial charge on any atom is -0.457 e. The molecule has 2 aromatic carbocycles. The average Bonchev–Trinajstić information content (AvgIpc) is 3.44. The Hall–Kier alpha value is -1.84. The molecule has 2 aliphatic rings. The van der Waals surface area contributed by atoms with Crippen LogP contribution in [0.4, 0.5) is 0 Å². The summed E-state index contributed by atoms with van der Waals surface area (Å²) in [6.45, 7) is 4.53. The van der Waals surface area contributed by atoms with Crippen LogP contribution in [0.25, 0.3) is 0 Å². The summed E-state index contributed by atoms with van der Waals surface area (Å²) in [7, 11) is 0. The van der Waals surface area contributed by atoms with E-state index in [2.05, 4.69) is 34.5 Å². The Morgan fingerprint density at radius 1 is 0.870 bits per heavy atom. The van der Waals surface area contributed by atoms with Crippen molar-refractivity contribution in [3.8, 4) is 11.5 Å². The zero-order valence-corrected chi connectivity index (χ0v) is 13.4. The summed E-state index contributed by atoms with van der Waals surface area (Å²) in [5.74, 6) is 2.64. The molecular formula is C20H24N2O. The van der Waals surface area contributed by atoms with Crippen LogP contribution in [0.1, 0.15) is 24.4 Å². The van der Waals surface area contributed by atoms with Crippen LogP contribution in [0.15, 0.2) is 54.6 Å². The molecule has 1 aliphatic carbocycles. The Kier molecular flexibility index (Phi) is 4.31. The van der Waals surface area contributed by atoms with Crippen molar-refractivity contribution in [3.05, 3.63) is 60.2 Å². The molecule has 1 saturated heterocycles. The summed E-state index contributed by atoms with van der Waals surface area (Å²) in [5, 5.41) is 3.46. The third kappa shape index (κ3) is 3.57. The molecular weight excluding hydrogens is 284 g/mol. The molecule has 0 radical (unpaired) electrons. The molecule has 2 fully saturated rings. The molecule has 0 unspecified atom stereocenters. The number of nitrogens with zero attached hydrogens (tertiary/aromatic N) is 1. The van der Waals surface area contributed by atoms with Crippen molar-refractivity contribution in [2.24, 2.45) is 5.92 Å². The first kappa shape index (κ1) is 14.7. The number of nitrogens with one attached hydrogen (secondary N) is 1. The minimum absolute atomic E-state index is 0.586. The highest BCUT2D eigenvalue weighted by atomic mass is 16.5. The van der Waals surface area contributed by atoms with Gasteiger partial charge in [0.1, 0.15) is 11.5 Å². The Morgan fingerprint density at radius 3 is 2.17 bits per heavy atom. The fourth-order valence-electron chi connectivity index (χ4n) is 3.51. The van der Waals surface area contributed by atoms with Crippen LogP contribution < -0.4 is 10.1 Å². The molecule has 3 heteroatoms. The number of para-hydroxylation sites is 1. The van der Waals surface area contributed by atoms with E-state index in [1.54, 1.807) is 0 Å². The predicted octanol–water partition coefficient (Wildman–Crippen LogP) is 3.84. The third-order valence-electron chi connectivity index (χ3n) is 4.81. The van der Waals surface area contributed by atoms with Crippen molar-refractivity contribution in [2.45, 2.75) is 18.9 Å². The van der Waals surface area contributed by atoms with Crippen LogP contribution in [0.5, 0.6) is 11.5 Å². The Labute approximate surface area is 138 Å². The highest BCUT2D eigenvalue weighted by Crippen LogP contribution is 2.44. The van der Waals surface area contributed by atoms with E-state index in [0.29, 0.717) is 6.04 Å². The topological polar surface area (TPSA) is 24.5 Å². The van der Waals surface area contributed by atoms with Crippen LogP contribution in [0.3, 0.4) is 0 Å². The second-order valence-electron chi connectivity index (χ2n) is 6.55. The number of piperazine rings is 1. The Balaban J connectivity index is 1.49. The van der Waals surface area contributed by atoms with Gasteiger partial charge >= 0.3 is 0 Å². The van der Waals surface area contributed by atoms with E-state index < -0.39 is 0 Å². The molecule has 0 spiro atoms. The number of benzene rings is 2. The van der Waals surface area contributed by atoms with Crippen molar-refractivity contribution in [2.75, 3.05) is 26.2 Å². The van der Waals surface area contributed by atoms with Crippen molar-refractivity contribution in [3.63, 3.8) is 0 Å². The second-order valence-corrected chi connectivity index (χ2v) is 6.55. The zero-order valence-electron chi connectivity index (χ0n) is 13.4. The molecule has 1 saturated carbocycles. The molecule has 0 aromatic heterocycles. The molecule has 23 heavy (non-hydrogen) atoms. The molecule has 1 atom stereocenters. The summed E-state index contributed by atoms with van der Waals surface area (Å²) in [6.07, 6.45) is 2.74. The summed E-state index contributed by atoms with van der Waals surface area (Å²) in [5.41, 5.74) is 1.44. The van der Waals surface area contributed by atoms with E-state index >= 15 is 0 Å². The molecule has 1 heterocycles. The van der Waals surface area contributed by atoms with Gasteiger partial charge in [-0.3, -0.25) is 4.90 Å². The van der Waals surface area contributed by atoms with Crippen molar-refractivity contribution in [1.82, 2.24) is 10.2 Å². The number of ether oxygens (including phenoxy) is 1. The van der Waals surface area contributed by atoms with Gasteiger partial charge in [0, 0.05) is 32.2 Å². The van der Waals surface area contributed by atoms with Gasteiger partial charge in [0.25, 0.3) is 0 Å². The monoisotopic (exact) mass is 308 g/mol. The molecule has 2 aromatic rings. The van der Waals surface area contributed by atoms with Crippen molar-refractivity contribution >= 4 is 0 Å². The maximum atomic E-state index is 5.91. The third-order valence-corrected chi connectivity index (χ3v) is 4.81. The van der Waals surface area contributed by atoms with E-state index in [1.165, 1.54) is 18.4 Å². The summed E-state index contributed by atoms with van der Waals surface area (Å²) in [6, 6.07) is 19.3. The Morgan fingerprint density at radius 2 is 1.52 bits per heavy atom. The Bertz CT molecular complexity index is 616. The lowest BCUT2D eigenvalue weighted by molar-refractivity contribution is 0.156. The lowest BCUT2D eigenvalue weighted by Gasteiger charge is -2.35. The fourth-order valence-corrected chi connectivity index (χ4v) is 3.51. The molecule has 1 N–H and O–H groups in total. The lowest BCUT2D eigenvalue weighted by atomic mass is 9.99. The maximum absolute atomic E-state index is 5.91. The molecule has 0 amide bonds. The fraction of sp³-hybridized carbons (Fsp3) is 0.400. The summed E-state index contributed by atoms with van der Waals surface area (Å²) in [4.78, 5) is 2.65. The summed E-state index contributed by atoms with van der Waals surface area (Å²) >= 11 is 0. The van der Waals surface area contributed by atoms with Gasteiger partial charge < -0.3 is 10.1 Å². The van der Waals surface area contributed by atoms with Crippen molar-refractivity contribution < 1.29 is 4.74 Å². The molecule has 0 bridgehead atoms. The van der Waals surface area contributed by atoms with Gasteiger partial charge in [0.2, 0.25) is 0 Å². The van der Waals surface area contributed by atoms with Crippen molar-refractivity contribution in [1.29, 1.82) is 0 Å². The number of hydrogen-bond acceptors (Lipinski definition) is 3. The van der Waals surface area contributed by atoms with Gasteiger partial charge in [0.05, 0.1) is 0 Å². The first-order valence-electron chi connectivity index (χ1n) is 8.68. The van der Waals surface area contributed by atoms with Crippen LogP contribution in [0, 0.1) is 5.92 Å². The lowest BCUT2D eigenvalue weighted by Crippen LogP contribution is -2.45. The van der Waals surface area contributed by atoms with Gasteiger partial charge in [-0.1, -0.05) is 30.3 Å². The first-order valence-corrected chi connectivity index (χ1v) is 8.68. The van der Waals surface area contributed by atoms with E-state index in [9.17, 15) is 0 Å². The van der Waals surface area contributed by atoms with Gasteiger partial charge in [-0.15, -0.1) is 0 Å². The molecule has 3 nitrogen and oxygen atoms in total. The van der Waals surface area contributed by atoms with Gasteiger partial charge in [-0.2, -0.15) is 0 Å². The minimum atomic E-state index is 0.586. The second kappa shape index (κ2) is 6.73. The maximum Gasteiger partial charge on any atom is 0.127 e. The van der Waals surface area contributed by atoms with E-state index in [4.69, 9.17) is 4.74 Å². The first-order chi connectivity index (χ1) is 11.4. The van der Waals surface area contributed by atoms with E-state index in [1.807, 2.05) is 30.3 Å². The van der Waals surface area contributed by atoms with Crippen LogP contribution in [-0.4, -0.2) is 31.1 Å². The summed E-state index contributed by atoms with van der Waals surface area (Å²) < 4.78 is 5.91. The molecule has 120 valence electrons. The smallest absolute Gasteiger partial charge is 0.127 e. The van der Waals surface area contributed by atoms with E-state index in [-0.39, 0.29) is 0 Å². The van der Waals surface area contributed by atoms with Crippen LogP contribution >= 0.6 is 0 Å². The van der Waals surface area contributed by atoms with Gasteiger partial charge in [0.15, 0.2) is 0 Å². The number of rotatable bonds is 5. The van der Waals surface area contributed by atoms with E-state index in [0.717, 1.165) is 43.6 Å². The highest BCUT2D eigenvalue weighted by Gasteiger charge is 2.36. The van der Waals surface area contributed by atoms with Crippen LogP contribution in [-0.2, 0) is 0 Å². The normalized spacial score (nSPS) is 20.2. The SMILES string of the molecule is c1ccc(Oc2ccc([C@H](C3CC3)N3CCNCC3)cc2)cc1. The zero-order chi connectivity index (χ0) is 15.5. The number of hydrogen-bond donors (Lipinski definition) is 1. The predicted molar refractivity (Wildman–Crippen MR) is 92.9 cm³/mol. The highest BCUT2D eigenvalue weighted by molar-refractivity contribution is 5.34. The largest absolute Gasteiger partial charge is 0.457 e.